The Labute approximate surface area is 203 Å². The van der Waals surface area contributed by atoms with Crippen molar-refractivity contribution in [2.45, 2.75) is 37.7 Å². The molecule has 2 saturated heterocycles. The molecule has 0 spiro atoms. The van der Waals surface area contributed by atoms with Crippen LogP contribution in [0.5, 0.6) is 5.75 Å². The third kappa shape index (κ3) is 4.05. The number of phenolic OH excluding ortho intramolecular Hbond substituents is 1. The van der Waals surface area contributed by atoms with Crippen LogP contribution in [0.4, 0.5) is 11.8 Å². The maximum absolute atomic E-state index is 11.3. The predicted molar refractivity (Wildman–Crippen MR) is 134 cm³/mol. The first-order chi connectivity index (χ1) is 17.1. The highest BCUT2D eigenvalue weighted by atomic mass is 16.3. The molecule has 2 N–H and O–H groups in total. The third-order valence-corrected chi connectivity index (χ3v) is 7.24. The lowest BCUT2D eigenvalue weighted by atomic mass is 9.84. The summed E-state index contributed by atoms with van der Waals surface area (Å²) >= 11 is 0. The Kier molecular flexibility index (Phi) is 5.49. The number of hydrogen-bond donors (Lipinski definition) is 2. The van der Waals surface area contributed by atoms with E-state index >= 15 is 0 Å². The number of rotatable bonds is 4. The summed E-state index contributed by atoms with van der Waals surface area (Å²) in [6.07, 6.45) is 10.00. The van der Waals surface area contributed by atoms with Crippen LogP contribution in [0.3, 0.4) is 0 Å². The molecular weight excluding hydrogens is 442 g/mol. The second-order valence-electron chi connectivity index (χ2n) is 9.45. The first kappa shape index (κ1) is 21.8. The molecule has 0 saturated carbocycles. The van der Waals surface area contributed by atoms with Crippen molar-refractivity contribution in [2.24, 2.45) is 0 Å². The second kappa shape index (κ2) is 8.81. The van der Waals surface area contributed by atoms with Crippen LogP contribution >= 0.6 is 0 Å². The van der Waals surface area contributed by atoms with Crippen LogP contribution in [-0.2, 0) is 5.60 Å². The van der Waals surface area contributed by atoms with Gasteiger partial charge in [0.05, 0.1) is 11.3 Å². The fourth-order valence-electron chi connectivity index (χ4n) is 5.17. The number of phenols is 1. The molecule has 3 aromatic heterocycles. The van der Waals surface area contributed by atoms with Crippen molar-refractivity contribution < 1.29 is 10.2 Å². The van der Waals surface area contributed by atoms with E-state index in [0.29, 0.717) is 31.9 Å². The molecule has 180 valence electrons. The molecule has 2 aliphatic rings. The molecule has 1 aromatic carbocycles. The van der Waals surface area contributed by atoms with E-state index in [1.807, 2.05) is 23.0 Å². The summed E-state index contributed by atoms with van der Waals surface area (Å²) in [6, 6.07) is 10.7. The van der Waals surface area contributed by atoms with Gasteiger partial charge in [0, 0.05) is 38.6 Å². The molecule has 0 radical (unpaired) electrons. The van der Waals surface area contributed by atoms with E-state index in [4.69, 9.17) is 15.0 Å². The van der Waals surface area contributed by atoms with E-state index in [2.05, 4.69) is 14.8 Å². The Balaban J connectivity index is 1.36. The van der Waals surface area contributed by atoms with Gasteiger partial charge in [-0.1, -0.05) is 12.1 Å². The number of fused-ring (bicyclic) bond motifs is 1. The van der Waals surface area contributed by atoms with Crippen molar-refractivity contribution in [3.05, 3.63) is 60.7 Å². The van der Waals surface area contributed by atoms with Crippen molar-refractivity contribution in [1.82, 2.24) is 24.5 Å². The average molecular weight is 472 g/mol. The van der Waals surface area contributed by atoms with Crippen molar-refractivity contribution in [3.8, 4) is 11.4 Å². The van der Waals surface area contributed by atoms with Crippen LogP contribution < -0.4 is 9.80 Å². The monoisotopic (exact) mass is 471 g/mol. The van der Waals surface area contributed by atoms with E-state index in [1.165, 1.54) is 6.42 Å². The predicted octanol–water partition coefficient (Wildman–Crippen LogP) is 3.39. The molecule has 0 aliphatic carbocycles. The fraction of sp³-hybridized carbons (Fsp3) is 0.385. The molecule has 5 heterocycles. The van der Waals surface area contributed by atoms with Gasteiger partial charge in [-0.3, -0.25) is 9.55 Å². The molecule has 0 unspecified atom stereocenters. The quantitative estimate of drug-likeness (QED) is 0.467. The normalized spacial score (nSPS) is 18.2. The summed E-state index contributed by atoms with van der Waals surface area (Å²) in [5.41, 5.74) is 2.45. The van der Waals surface area contributed by atoms with Crippen LogP contribution in [0.15, 0.2) is 55.1 Å². The summed E-state index contributed by atoms with van der Waals surface area (Å²) in [5.74, 6) is 1.76. The van der Waals surface area contributed by atoms with E-state index in [9.17, 15) is 10.2 Å². The van der Waals surface area contributed by atoms with Crippen molar-refractivity contribution >= 4 is 22.9 Å². The van der Waals surface area contributed by atoms with Gasteiger partial charge < -0.3 is 20.0 Å². The maximum Gasteiger partial charge on any atom is 0.229 e. The molecule has 6 rings (SSSR count). The summed E-state index contributed by atoms with van der Waals surface area (Å²) in [7, 11) is 0. The smallest absolute Gasteiger partial charge is 0.229 e. The Hall–Kier alpha value is -3.72. The Morgan fingerprint density at radius 2 is 1.51 bits per heavy atom. The minimum absolute atomic E-state index is 0.201. The summed E-state index contributed by atoms with van der Waals surface area (Å²) < 4.78 is 1.99. The first-order valence-corrected chi connectivity index (χ1v) is 12.3. The highest BCUT2D eigenvalue weighted by Gasteiger charge is 2.35. The van der Waals surface area contributed by atoms with Gasteiger partial charge in [-0.25, -0.2) is 4.98 Å². The van der Waals surface area contributed by atoms with Crippen LogP contribution in [0, 0.1) is 0 Å². The van der Waals surface area contributed by atoms with Crippen molar-refractivity contribution in [2.75, 3.05) is 36.0 Å². The number of nitrogens with zero attached hydrogens (tertiary/aromatic N) is 7. The SMILES string of the molecule is Oc1ccc(C2(O)CCN(c3nc(N4CCCCC4)c4ncn(-c5ccncc5)c4n3)CC2)cc1. The molecule has 0 atom stereocenters. The van der Waals surface area contributed by atoms with Gasteiger partial charge >= 0.3 is 0 Å². The van der Waals surface area contributed by atoms with Gasteiger partial charge in [-0.05, 0) is 61.9 Å². The zero-order valence-electron chi connectivity index (χ0n) is 19.6. The third-order valence-electron chi connectivity index (χ3n) is 7.24. The lowest BCUT2D eigenvalue weighted by molar-refractivity contribution is 0.0115. The highest BCUT2D eigenvalue weighted by Crippen LogP contribution is 2.36. The zero-order valence-corrected chi connectivity index (χ0v) is 19.6. The fourth-order valence-corrected chi connectivity index (χ4v) is 5.17. The minimum Gasteiger partial charge on any atom is -0.508 e. The molecular formula is C26H29N7O2. The number of pyridine rings is 1. The van der Waals surface area contributed by atoms with E-state index < -0.39 is 5.60 Å². The van der Waals surface area contributed by atoms with Crippen LogP contribution in [0.2, 0.25) is 0 Å². The topological polar surface area (TPSA) is 103 Å². The van der Waals surface area contributed by atoms with Crippen molar-refractivity contribution in [1.29, 1.82) is 0 Å². The number of anilines is 2. The molecule has 9 heteroatoms. The Bertz CT molecular complexity index is 1310. The van der Waals surface area contributed by atoms with Crippen LogP contribution in [0.1, 0.15) is 37.7 Å². The van der Waals surface area contributed by atoms with Gasteiger partial charge in [0.15, 0.2) is 17.0 Å². The summed E-state index contributed by atoms with van der Waals surface area (Å²) in [4.78, 5) is 23.4. The summed E-state index contributed by atoms with van der Waals surface area (Å²) in [5, 5.41) is 20.9. The van der Waals surface area contributed by atoms with E-state index in [1.54, 1.807) is 36.7 Å². The van der Waals surface area contributed by atoms with Gasteiger partial charge in [-0.15, -0.1) is 0 Å². The number of aromatic hydroxyl groups is 1. The first-order valence-electron chi connectivity index (χ1n) is 12.3. The number of aromatic nitrogens is 5. The number of imidazole rings is 1. The van der Waals surface area contributed by atoms with Crippen LogP contribution in [-0.4, -0.2) is 60.9 Å². The van der Waals surface area contributed by atoms with E-state index in [-0.39, 0.29) is 5.75 Å². The van der Waals surface area contributed by atoms with Gasteiger partial charge in [0.1, 0.15) is 12.1 Å². The summed E-state index contributed by atoms with van der Waals surface area (Å²) in [6.45, 7) is 3.19. The lowest BCUT2D eigenvalue weighted by Gasteiger charge is -2.39. The molecule has 4 aromatic rings. The molecule has 2 fully saturated rings. The minimum atomic E-state index is -0.928. The van der Waals surface area contributed by atoms with Gasteiger partial charge in [-0.2, -0.15) is 9.97 Å². The number of piperidine rings is 2. The Morgan fingerprint density at radius 1 is 0.800 bits per heavy atom. The average Bonchev–Trinajstić information content (AvgIpc) is 3.34. The molecule has 2 aliphatic heterocycles. The molecule has 9 nitrogen and oxygen atoms in total. The highest BCUT2D eigenvalue weighted by molar-refractivity contribution is 5.86. The van der Waals surface area contributed by atoms with E-state index in [0.717, 1.165) is 54.2 Å². The largest absolute Gasteiger partial charge is 0.508 e. The Morgan fingerprint density at radius 3 is 2.23 bits per heavy atom. The maximum atomic E-state index is 11.3. The molecule has 0 amide bonds. The van der Waals surface area contributed by atoms with Gasteiger partial charge in [0.2, 0.25) is 5.95 Å². The zero-order chi connectivity index (χ0) is 23.8. The molecule has 35 heavy (non-hydrogen) atoms. The number of hydrogen-bond acceptors (Lipinski definition) is 8. The standard InChI is InChI=1S/C26H29N7O2/c34-21-6-4-19(5-7-21)26(35)10-16-32(17-11-26)25-29-23(31-14-2-1-3-15-31)22-24(30-25)33(18-28-22)20-8-12-27-13-9-20/h4-9,12-13,18,34-35H,1-3,10-11,14-17H2. The molecule has 0 bridgehead atoms. The van der Waals surface area contributed by atoms with Crippen molar-refractivity contribution in [3.63, 3.8) is 0 Å². The number of aliphatic hydroxyl groups is 1. The lowest BCUT2D eigenvalue weighted by Crippen LogP contribution is -2.43. The van der Waals surface area contributed by atoms with Gasteiger partial charge in [0.25, 0.3) is 0 Å². The van der Waals surface area contributed by atoms with Crippen LogP contribution in [0.25, 0.3) is 16.9 Å². The number of benzene rings is 1. The second-order valence-corrected chi connectivity index (χ2v) is 9.45.